The number of benzene rings is 1. The number of hydrogen-bond acceptors (Lipinski definition) is 4. The predicted molar refractivity (Wildman–Crippen MR) is 89.7 cm³/mol. The van der Waals surface area contributed by atoms with Crippen molar-refractivity contribution in [1.82, 2.24) is 9.80 Å². The van der Waals surface area contributed by atoms with Crippen molar-refractivity contribution in [3.63, 3.8) is 0 Å². The number of carbonyl (C=O) groups excluding carboxylic acids is 1. The molecule has 2 N–H and O–H groups in total. The molecule has 0 saturated carbocycles. The lowest BCUT2D eigenvalue weighted by atomic mass is 10.1. The minimum Gasteiger partial charge on any atom is -0.487 e. The molecule has 118 valence electrons. The van der Waals surface area contributed by atoms with Crippen molar-refractivity contribution in [1.29, 1.82) is 0 Å². The van der Waals surface area contributed by atoms with Gasteiger partial charge in [0.2, 0.25) is 5.91 Å². The third-order valence-corrected chi connectivity index (χ3v) is 3.62. The molecule has 1 amide bonds. The summed E-state index contributed by atoms with van der Waals surface area (Å²) in [6, 6.07) is 5.48. The van der Waals surface area contributed by atoms with Gasteiger partial charge in [0.05, 0.1) is 5.69 Å². The summed E-state index contributed by atoms with van der Waals surface area (Å²) in [6.07, 6.45) is 5.06. The number of amides is 1. The van der Waals surface area contributed by atoms with Crippen molar-refractivity contribution < 1.29 is 9.53 Å². The Morgan fingerprint density at radius 3 is 2.73 bits per heavy atom. The molecule has 0 bridgehead atoms. The maximum absolute atomic E-state index is 12.1. The van der Waals surface area contributed by atoms with E-state index in [1.54, 1.807) is 30.4 Å². The molecule has 5 nitrogen and oxygen atoms in total. The van der Waals surface area contributed by atoms with Gasteiger partial charge in [-0.3, -0.25) is 4.79 Å². The number of likely N-dealkylation sites (N-methyl/N-ethyl adjacent to an activating group) is 1. The van der Waals surface area contributed by atoms with Gasteiger partial charge in [-0.2, -0.15) is 0 Å². The molecule has 0 aromatic heterocycles. The van der Waals surface area contributed by atoms with Crippen LogP contribution in [-0.2, 0) is 4.79 Å². The van der Waals surface area contributed by atoms with Crippen LogP contribution in [0.2, 0.25) is 0 Å². The van der Waals surface area contributed by atoms with E-state index < -0.39 is 0 Å². The van der Waals surface area contributed by atoms with Crippen molar-refractivity contribution >= 4 is 17.7 Å². The van der Waals surface area contributed by atoms with Crippen LogP contribution in [0.1, 0.15) is 5.56 Å². The lowest BCUT2D eigenvalue weighted by molar-refractivity contribution is -0.127. The number of carbonyl (C=O) groups is 1. The molecule has 1 fully saturated rings. The zero-order valence-electron chi connectivity index (χ0n) is 13.0. The zero-order chi connectivity index (χ0) is 15.9. The Morgan fingerprint density at radius 2 is 2.09 bits per heavy atom. The van der Waals surface area contributed by atoms with Crippen molar-refractivity contribution in [2.24, 2.45) is 0 Å². The van der Waals surface area contributed by atoms with Gasteiger partial charge >= 0.3 is 0 Å². The number of anilines is 1. The minimum absolute atomic E-state index is 0.0404. The second kappa shape index (κ2) is 7.66. The average molecular weight is 301 g/mol. The Bertz CT molecular complexity index is 561. The maximum atomic E-state index is 12.1. The summed E-state index contributed by atoms with van der Waals surface area (Å²) in [7, 11) is 2.07. The van der Waals surface area contributed by atoms with Crippen LogP contribution in [0.5, 0.6) is 5.75 Å². The van der Waals surface area contributed by atoms with Gasteiger partial charge in [0.15, 0.2) is 0 Å². The van der Waals surface area contributed by atoms with Gasteiger partial charge in [0.25, 0.3) is 0 Å². The normalized spacial score (nSPS) is 16.0. The number of rotatable bonds is 5. The van der Waals surface area contributed by atoms with Crippen LogP contribution < -0.4 is 10.5 Å². The smallest absolute Gasteiger partial charge is 0.246 e. The van der Waals surface area contributed by atoms with E-state index in [2.05, 4.69) is 18.5 Å². The summed E-state index contributed by atoms with van der Waals surface area (Å²) in [5.41, 5.74) is 7.36. The molecule has 1 saturated heterocycles. The molecule has 1 heterocycles. The number of nitrogens with zero attached hydrogens (tertiary/aromatic N) is 2. The molecule has 1 aromatic rings. The number of piperazine rings is 1. The molecule has 1 aliphatic heterocycles. The van der Waals surface area contributed by atoms with Gasteiger partial charge in [0, 0.05) is 32.3 Å². The Morgan fingerprint density at radius 1 is 1.36 bits per heavy atom. The van der Waals surface area contributed by atoms with Crippen LogP contribution in [0, 0.1) is 0 Å². The summed E-state index contributed by atoms with van der Waals surface area (Å²) >= 11 is 0. The van der Waals surface area contributed by atoms with Crippen molar-refractivity contribution in [3.8, 4) is 5.75 Å². The second-order valence-electron chi connectivity index (χ2n) is 5.36. The second-order valence-corrected chi connectivity index (χ2v) is 5.36. The van der Waals surface area contributed by atoms with Crippen LogP contribution in [0.4, 0.5) is 5.69 Å². The first-order valence-electron chi connectivity index (χ1n) is 7.39. The molecular weight excluding hydrogens is 278 g/mol. The summed E-state index contributed by atoms with van der Waals surface area (Å²) < 4.78 is 5.42. The first-order chi connectivity index (χ1) is 10.6. The number of ether oxygens (including phenoxy) is 1. The third-order valence-electron chi connectivity index (χ3n) is 3.62. The van der Waals surface area contributed by atoms with Crippen molar-refractivity contribution in [3.05, 3.63) is 42.5 Å². The van der Waals surface area contributed by atoms with Crippen molar-refractivity contribution in [2.45, 2.75) is 0 Å². The van der Waals surface area contributed by atoms with E-state index in [1.165, 1.54) is 0 Å². The summed E-state index contributed by atoms with van der Waals surface area (Å²) in [5, 5.41) is 0. The molecule has 0 aliphatic carbocycles. The molecule has 0 unspecified atom stereocenters. The summed E-state index contributed by atoms with van der Waals surface area (Å²) in [5.74, 6) is 0.668. The van der Waals surface area contributed by atoms with E-state index >= 15 is 0 Å². The molecule has 1 aliphatic rings. The summed E-state index contributed by atoms with van der Waals surface area (Å²) in [4.78, 5) is 16.2. The molecular formula is C17H23N3O2. The largest absolute Gasteiger partial charge is 0.487 e. The SMILES string of the molecule is C=CCOc1ccc(/C=C\C(=O)N2CCN(C)CC2)cc1N. The minimum atomic E-state index is 0.0404. The molecule has 0 radical (unpaired) electrons. The van der Waals surface area contributed by atoms with E-state index in [0.29, 0.717) is 18.0 Å². The van der Waals surface area contributed by atoms with E-state index in [1.807, 2.05) is 11.0 Å². The van der Waals surface area contributed by atoms with E-state index in [9.17, 15) is 4.79 Å². The lowest BCUT2D eigenvalue weighted by Crippen LogP contribution is -2.46. The summed E-state index contributed by atoms with van der Waals surface area (Å²) in [6.45, 7) is 7.40. The van der Waals surface area contributed by atoms with Gasteiger partial charge in [-0.25, -0.2) is 0 Å². The highest BCUT2D eigenvalue weighted by Crippen LogP contribution is 2.23. The van der Waals surface area contributed by atoms with Crippen LogP contribution >= 0.6 is 0 Å². The monoisotopic (exact) mass is 301 g/mol. The predicted octanol–water partition coefficient (Wildman–Crippen LogP) is 1.62. The highest BCUT2D eigenvalue weighted by Gasteiger charge is 2.16. The molecule has 1 aromatic carbocycles. The fourth-order valence-corrected chi connectivity index (χ4v) is 2.25. The molecule has 0 spiro atoms. The standard InChI is InChI=1S/C17H23N3O2/c1-3-12-22-16-6-4-14(13-15(16)18)5-7-17(21)20-10-8-19(2)9-11-20/h3-7,13H,1,8-12,18H2,2H3/b7-5-. The Labute approximate surface area is 131 Å². The Kier molecular flexibility index (Phi) is 5.61. The topological polar surface area (TPSA) is 58.8 Å². The lowest BCUT2D eigenvalue weighted by Gasteiger charge is -2.31. The zero-order valence-corrected chi connectivity index (χ0v) is 13.0. The van der Waals surface area contributed by atoms with Gasteiger partial charge in [-0.05, 0) is 30.8 Å². The van der Waals surface area contributed by atoms with Crippen LogP contribution in [0.15, 0.2) is 36.9 Å². The highest BCUT2D eigenvalue weighted by molar-refractivity contribution is 5.92. The quantitative estimate of drug-likeness (QED) is 0.510. The molecule has 5 heteroatoms. The first-order valence-corrected chi connectivity index (χ1v) is 7.39. The molecule has 0 atom stereocenters. The van der Waals surface area contributed by atoms with Gasteiger partial charge in [0.1, 0.15) is 12.4 Å². The van der Waals surface area contributed by atoms with Gasteiger partial charge in [-0.1, -0.05) is 18.7 Å². The number of nitrogens with two attached hydrogens (primary N) is 1. The van der Waals surface area contributed by atoms with E-state index in [4.69, 9.17) is 10.5 Å². The Balaban J connectivity index is 1.96. The van der Waals surface area contributed by atoms with Crippen LogP contribution in [-0.4, -0.2) is 55.5 Å². The van der Waals surface area contributed by atoms with Crippen molar-refractivity contribution in [2.75, 3.05) is 45.6 Å². The number of hydrogen-bond donors (Lipinski definition) is 1. The van der Waals surface area contributed by atoms with E-state index in [-0.39, 0.29) is 5.91 Å². The third kappa shape index (κ3) is 4.36. The van der Waals surface area contributed by atoms with Gasteiger partial charge < -0.3 is 20.3 Å². The van der Waals surface area contributed by atoms with Crippen LogP contribution in [0.25, 0.3) is 6.08 Å². The molecule has 22 heavy (non-hydrogen) atoms. The average Bonchev–Trinajstić information content (AvgIpc) is 2.52. The van der Waals surface area contributed by atoms with Crippen LogP contribution in [0.3, 0.4) is 0 Å². The highest BCUT2D eigenvalue weighted by atomic mass is 16.5. The van der Waals surface area contributed by atoms with E-state index in [0.717, 1.165) is 31.7 Å². The fraction of sp³-hybridized carbons (Fsp3) is 0.353. The fourth-order valence-electron chi connectivity index (χ4n) is 2.25. The maximum Gasteiger partial charge on any atom is 0.246 e. The Hall–Kier alpha value is -2.27. The number of nitrogen functional groups attached to an aromatic ring is 1. The first kappa shape index (κ1) is 16.1. The molecule has 2 rings (SSSR count). The van der Waals surface area contributed by atoms with Gasteiger partial charge in [-0.15, -0.1) is 0 Å².